The molecule has 1 aliphatic heterocycles. The van der Waals surface area contributed by atoms with Gasteiger partial charge in [0.05, 0.1) is 0 Å². The van der Waals surface area contributed by atoms with Crippen molar-refractivity contribution in [1.82, 2.24) is 14.7 Å². The Hall–Kier alpha value is -2.52. The molecule has 1 saturated heterocycles. The molecule has 23 heavy (non-hydrogen) atoms. The van der Waals surface area contributed by atoms with Crippen LogP contribution >= 0.6 is 0 Å². The van der Waals surface area contributed by atoms with Crippen LogP contribution in [0.25, 0.3) is 0 Å². The topological polar surface area (TPSA) is 113 Å². The van der Waals surface area contributed by atoms with E-state index in [-0.39, 0.29) is 25.2 Å². The zero-order valence-electron chi connectivity index (χ0n) is 12.0. The first-order chi connectivity index (χ1) is 10.6. The summed E-state index contributed by atoms with van der Waals surface area (Å²) in [5.41, 5.74) is -3.71. The fraction of sp³-hybridized carbons (Fsp3) is 0.538. The Morgan fingerprint density at radius 3 is 2.13 bits per heavy atom. The highest BCUT2D eigenvalue weighted by Gasteiger charge is 2.81. The standard InChI is InChI=1S/C13H13F2N3O5/c1-17-7(2-6(16-17)8(14)15)9(19)18-4-12(10(20)21)3-13(12,5-18)11(22)23/h2,8H,3-5H2,1H3,(H,20,21)(H,22,23)/t12-,13+. The second kappa shape index (κ2) is 4.49. The van der Waals surface area contributed by atoms with Crippen LogP contribution in [-0.4, -0.2) is 55.8 Å². The molecule has 10 heteroatoms. The first-order valence-corrected chi connectivity index (χ1v) is 6.73. The number of carboxylic acids is 2. The van der Waals surface area contributed by atoms with E-state index in [0.717, 1.165) is 15.6 Å². The average Bonchev–Trinajstić information content (AvgIpc) is 2.79. The van der Waals surface area contributed by atoms with Gasteiger partial charge in [-0.2, -0.15) is 5.10 Å². The van der Waals surface area contributed by atoms with Crippen molar-refractivity contribution < 1.29 is 33.4 Å². The van der Waals surface area contributed by atoms with E-state index >= 15 is 0 Å². The van der Waals surface area contributed by atoms with Crippen molar-refractivity contribution in [3.05, 3.63) is 17.5 Å². The lowest BCUT2D eigenvalue weighted by molar-refractivity contribution is -0.151. The quantitative estimate of drug-likeness (QED) is 0.825. The third-order valence-corrected chi connectivity index (χ3v) is 4.76. The van der Waals surface area contributed by atoms with Crippen LogP contribution in [0.3, 0.4) is 0 Å². The number of halogens is 2. The summed E-state index contributed by atoms with van der Waals surface area (Å²) >= 11 is 0. The minimum Gasteiger partial charge on any atom is -0.481 e. The van der Waals surface area contributed by atoms with Crippen molar-refractivity contribution >= 4 is 17.8 Å². The minimum absolute atomic E-state index is 0.0396. The van der Waals surface area contributed by atoms with E-state index < -0.39 is 40.8 Å². The molecule has 2 aliphatic rings. The number of nitrogens with zero attached hydrogens (tertiary/aromatic N) is 3. The number of amides is 1. The molecule has 8 nitrogen and oxygen atoms in total. The van der Waals surface area contributed by atoms with Crippen LogP contribution in [0.1, 0.15) is 29.0 Å². The first-order valence-electron chi connectivity index (χ1n) is 6.73. The van der Waals surface area contributed by atoms with Crippen molar-refractivity contribution in [2.75, 3.05) is 13.1 Å². The Morgan fingerprint density at radius 2 is 1.74 bits per heavy atom. The molecule has 0 aromatic carbocycles. The number of rotatable bonds is 4. The summed E-state index contributed by atoms with van der Waals surface area (Å²) in [6, 6.07) is 0.928. The summed E-state index contributed by atoms with van der Waals surface area (Å²) < 4.78 is 26.3. The third kappa shape index (κ3) is 1.87. The number of fused-ring (bicyclic) bond motifs is 1. The summed E-state index contributed by atoms with van der Waals surface area (Å²) in [4.78, 5) is 36.4. The number of carboxylic acid groups (broad SMARTS) is 2. The van der Waals surface area contributed by atoms with Crippen LogP contribution in [-0.2, 0) is 16.6 Å². The van der Waals surface area contributed by atoms with Crippen molar-refractivity contribution in [1.29, 1.82) is 0 Å². The predicted molar refractivity (Wildman–Crippen MR) is 68.8 cm³/mol. The molecule has 1 aromatic rings. The maximum absolute atomic E-state index is 12.6. The fourth-order valence-electron chi connectivity index (χ4n) is 3.39. The Morgan fingerprint density at radius 1 is 1.22 bits per heavy atom. The molecule has 0 spiro atoms. The van der Waals surface area contributed by atoms with E-state index in [9.17, 15) is 33.4 Å². The van der Waals surface area contributed by atoms with Gasteiger partial charge in [-0.1, -0.05) is 0 Å². The number of carbonyl (C=O) groups is 3. The zero-order valence-corrected chi connectivity index (χ0v) is 12.0. The Balaban J connectivity index is 1.89. The molecule has 2 heterocycles. The van der Waals surface area contributed by atoms with Gasteiger partial charge < -0.3 is 15.1 Å². The molecule has 0 bridgehead atoms. The van der Waals surface area contributed by atoms with Crippen molar-refractivity contribution in [3.63, 3.8) is 0 Å². The Kier molecular flexibility index (Phi) is 3.00. The Labute approximate surface area is 128 Å². The maximum Gasteiger partial charge on any atom is 0.312 e. The monoisotopic (exact) mass is 329 g/mol. The lowest BCUT2D eigenvalue weighted by atomic mass is 9.97. The van der Waals surface area contributed by atoms with Gasteiger partial charge in [0.15, 0.2) is 0 Å². The van der Waals surface area contributed by atoms with E-state index in [1.165, 1.54) is 7.05 Å². The maximum atomic E-state index is 12.6. The highest BCUT2D eigenvalue weighted by Crippen LogP contribution is 2.68. The predicted octanol–water partition coefficient (Wildman–Crippen LogP) is 0.359. The van der Waals surface area contributed by atoms with Crippen molar-refractivity contribution in [3.8, 4) is 0 Å². The number of hydrogen-bond acceptors (Lipinski definition) is 4. The molecule has 0 unspecified atom stereocenters. The molecule has 0 radical (unpaired) electrons. The van der Waals surface area contributed by atoms with Gasteiger partial charge in [0.1, 0.15) is 22.2 Å². The second-order valence-electron chi connectivity index (χ2n) is 5.99. The summed E-state index contributed by atoms with van der Waals surface area (Å²) in [6.07, 6.45) is -2.88. The normalized spacial score (nSPS) is 28.8. The summed E-state index contributed by atoms with van der Waals surface area (Å²) in [7, 11) is 1.32. The average molecular weight is 329 g/mol. The summed E-state index contributed by atoms with van der Waals surface area (Å²) in [6.45, 7) is -0.523. The molecule has 2 N–H and O–H groups in total. The first kappa shape index (κ1) is 15.4. The van der Waals surface area contributed by atoms with E-state index in [1.807, 2.05) is 0 Å². The lowest BCUT2D eigenvalue weighted by Crippen LogP contribution is -2.35. The SMILES string of the molecule is Cn1nc(C(F)F)cc1C(=O)N1C[C@@]2(C(=O)O)C[C@@]2(C(=O)O)C1. The van der Waals surface area contributed by atoms with E-state index in [2.05, 4.69) is 5.10 Å². The molecule has 124 valence electrons. The number of hydrogen-bond donors (Lipinski definition) is 2. The van der Waals surface area contributed by atoms with Gasteiger partial charge in [-0.25, -0.2) is 8.78 Å². The number of likely N-dealkylation sites (tertiary alicyclic amines) is 1. The highest BCUT2D eigenvalue weighted by molar-refractivity contribution is 5.99. The van der Waals surface area contributed by atoms with Crippen LogP contribution in [0.15, 0.2) is 6.07 Å². The van der Waals surface area contributed by atoms with Gasteiger partial charge in [0, 0.05) is 20.1 Å². The van der Waals surface area contributed by atoms with Crippen LogP contribution in [0.5, 0.6) is 0 Å². The van der Waals surface area contributed by atoms with Crippen LogP contribution in [0.2, 0.25) is 0 Å². The fourth-order valence-corrected chi connectivity index (χ4v) is 3.39. The second-order valence-corrected chi connectivity index (χ2v) is 5.99. The van der Waals surface area contributed by atoms with Gasteiger partial charge in [-0.3, -0.25) is 19.1 Å². The van der Waals surface area contributed by atoms with Gasteiger partial charge in [-0.05, 0) is 12.5 Å². The lowest BCUT2D eigenvalue weighted by Gasteiger charge is -2.19. The molecular weight excluding hydrogens is 316 g/mol. The van der Waals surface area contributed by atoms with Gasteiger partial charge in [0.25, 0.3) is 12.3 Å². The molecule has 2 atom stereocenters. The molecule has 1 aromatic heterocycles. The number of aryl methyl sites for hydroxylation is 1. The molecule has 1 saturated carbocycles. The van der Waals surface area contributed by atoms with E-state index in [0.29, 0.717) is 0 Å². The largest absolute Gasteiger partial charge is 0.481 e. The molecule has 1 aliphatic carbocycles. The van der Waals surface area contributed by atoms with Crippen molar-refractivity contribution in [2.24, 2.45) is 17.9 Å². The Bertz CT molecular complexity index is 705. The molecule has 2 fully saturated rings. The van der Waals surface area contributed by atoms with Crippen molar-refractivity contribution in [2.45, 2.75) is 12.8 Å². The number of aromatic nitrogens is 2. The third-order valence-electron chi connectivity index (χ3n) is 4.76. The zero-order chi connectivity index (χ0) is 17.2. The summed E-state index contributed by atoms with van der Waals surface area (Å²) in [5.74, 6) is -3.25. The number of aliphatic carboxylic acids is 2. The minimum atomic E-state index is -2.84. The van der Waals surface area contributed by atoms with Crippen LogP contribution in [0, 0.1) is 10.8 Å². The van der Waals surface area contributed by atoms with Crippen LogP contribution in [0.4, 0.5) is 8.78 Å². The molecule has 1 amide bonds. The van der Waals surface area contributed by atoms with E-state index in [1.54, 1.807) is 0 Å². The molecule has 3 rings (SSSR count). The van der Waals surface area contributed by atoms with Gasteiger partial charge >= 0.3 is 11.9 Å². The number of piperidine rings is 1. The smallest absolute Gasteiger partial charge is 0.312 e. The number of alkyl halides is 2. The summed E-state index contributed by atoms with van der Waals surface area (Å²) in [5, 5.41) is 22.1. The van der Waals surface area contributed by atoms with Crippen LogP contribution < -0.4 is 0 Å². The highest BCUT2D eigenvalue weighted by atomic mass is 19.3. The van der Waals surface area contributed by atoms with Gasteiger partial charge in [0.2, 0.25) is 0 Å². The van der Waals surface area contributed by atoms with E-state index in [4.69, 9.17) is 0 Å². The number of carbonyl (C=O) groups excluding carboxylic acids is 1. The van der Waals surface area contributed by atoms with Gasteiger partial charge in [-0.15, -0.1) is 0 Å². The molecular formula is C13H13F2N3O5.